The molecule has 3 nitrogen and oxygen atoms in total. The van der Waals surface area contributed by atoms with Gasteiger partial charge in [0.15, 0.2) is 0 Å². The molecule has 0 aliphatic rings. The fourth-order valence-corrected chi connectivity index (χ4v) is 2.70. The number of thiazole rings is 1. The molecule has 0 atom stereocenters. The summed E-state index contributed by atoms with van der Waals surface area (Å²) in [5.41, 5.74) is 1.43. The predicted molar refractivity (Wildman–Crippen MR) is 79.4 cm³/mol. The molecule has 5 heteroatoms. The lowest BCUT2D eigenvalue weighted by Gasteiger charge is -2.06. The molecule has 2 aromatic rings. The molecule has 0 fully saturated rings. The van der Waals surface area contributed by atoms with Crippen molar-refractivity contribution >= 4 is 27.3 Å². The lowest BCUT2D eigenvalue weighted by atomic mass is 10.2. The minimum atomic E-state index is 0.388. The van der Waals surface area contributed by atoms with E-state index in [1.165, 1.54) is 0 Å². The molecule has 1 aromatic carbocycles. The van der Waals surface area contributed by atoms with Crippen LogP contribution in [-0.2, 0) is 6.61 Å². The van der Waals surface area contributed by atoms with E-state index in [1.54, 1.807) is 23.5 Å². The van der Waals surface area contributed by atoms with Crippen LogP contribution < -0.4 is 4.74 Å². The van der Waals surface area contributed by atoms with Crippen molar-refractivity contribution in [3.63, 3.8) is 0 Å². The van der Waals surface area contributed by atoms with Crippen molar-refractivity contribution in [2.24, 2.45) is 0 Å². The molecule has 0 unspecified atom stereocenters. The van der Waals surface area contributed by atoms with Crippen LogP contribution in [-0.4, -0.2) is 4.98 Å². The first-order valence-corrected chi connectivity index (χ1v) is 7.54. The Morgan fingerprint density at radius 3 is 2.89 bits per heavy atom. The number of hydrogen-bond donors (Lipinski definition) is 0. The maximum atomic E-state index is 9.05. The number of aromatic nitrogens is 1. The zero-order valence-corrected chi connectivity index (χ0v) is 13.1. The lowest BCUT2D eigenvalue weighted by molar-refractivity contribution is 0.301. The monoisotopic (exact) mass is 336 g/mol. The Bertz CT molecular complexity index is 616. The summed E-state index contributed by atoms with van der Waals surface area (Å²) in [4.78, 5) is 4.50. The third kappa shape index (κ3) is 3.55. The molecule has 1 aromatic heterocycles. The highest BCUT2D eigenvalue weighted by atomic mass is 79.9. The Morgan fingerprint density at radius 2 is 2.26 bits per heavy atom. The standard InChI is InChI=1S/C14H13BrN2OS/c1-9(2)14-17-12(8-19-14)7-18-13-4-3-11(15)5-10(13)6-16/h3-5,8-9H,7H2,1-2H3. The van der Waals surface area contributed by atoms with Crippen LogP contribution in [0.25, 0.3) is 0 Å². The fraction of sp³-hybridized carbons (Fsp3) is 0.286. The Hall–Kier alpha value is -1.38. The number of hydrogen-bond acceptors (Lipinski definition) is 4. The maximum Gasteiger partial charge on any atom is 0.137 e. The van der Waals surface area contributed by atoms with Crippen LogP contribution in [0.15, 0.2) is 28.1 Å². The average Bonchev–Trinajstić information content (AvgIpc) is 2.86. The molecule has 98 valence electrons. The molecule has 0 saturated carbocycles. The van der Waals surface area contributed by atoms with E-state index < -0.39 is 0 Å². The van der Waals surface area contributed by atoms with Crippen molar-refractivity contribution in [1.82, 2.24) is 4.98 Å². The van der Waals surface area contributed by atoms with Gasteiger partial charge in [0.05, 0.1) is 16.3 Å². The average molecular weight is 337 g/mol. The molecule has 0 N–H and O–H groups in total. The second-order valence-electron chi connectivity index (χ2n) is 4.37. The van der Waals surface area contributed by atoms with Crippen LogP contribution in [0.3, 0.4) is 0 Å². The number of rotatable bonds is 4. The maximum absolute atomic E-state index is 9.05. The van der Waals surface area contributed by atoms with Crippen LogP contribution in [0.2, 0.25) is 0 Å². The number of nitriles is 1. The summed E-state index contributed by atoms with van der Waals surface area (Å²) < 4.78 is 6.53. The van der Waals surface area contributed by atoms with Gasteiger partial charge in [0.1, 0.15) is 18.4 Å². The molecule has 0 radical (unpaired) electrons. The van der Waals surface area contributed by atoms with Crippen LogP contribution in [0.1, 0.15) is 36.0 Å². The summed E-state index contributed by atoms with van der Waals surface area (Å²) >= 11 is 4.98. The van der Waals surface area contributed by atoms with Gasteiger partial charge in [-0.25, -0.2) is 4.98 Å². The fourth-order valence-electron chi connectivity index (χ4n) is 1.52. The van der Waals surface area contributed by atoms with E-state index in [1.807, 2.05) is 11.4 Å². The highest BCUT2D eigenvalue weighted by Gasteiger charge is 2.08. The van der Waals surface area contributed by atoms with Crippen LogP contribution in [0.5, 0.6) is 5.75 Å². The second-order valence-corrected chi connectivity index (χ2v) is 6.18. The SMILES string of the molecule is CC(C)c1nc(COc2ccc(Br)cc2C#N)cs1. The van der Waals surface area contributed by atoms with Crippen LogP contribution in [0, 0.1) is 11.3 Å². The van der Waals surface area contributed by atoms with Gasteiger partial charge in [-0.15, -0.1) is 11.3 Å². The van der Waals surface area contributed by atoms with Gasteiger partial charge >= 0.3 is 0 Å². The van der Waals surface area contributed by atoms with Gasteiger partial charge in [-0.3, -0.25) is 0 Å². The predicted octanol–water partition coefficient (Wildman–Crippen LogP) is 4.48. The first-order valence-electron chi connectivity index (χ1n) is 5.87. The third-order valence-electron chi connectivity index (χ3n) is 2.50. The summed E-state index contributed by atoms with van der Waals surface area (Å²) in [5.74, 6) is 1.02. The summed E-state index contributed by atoms with van der Waals surface area (Å²) in [6, 6.07) is 7.52. The third-order valence-corrected chi connectivity index (χ3v) is 4.19. The first kappa shape index (κ1) is 14.0. The lowest BCUT2D eigenvalue weighted by Crippen LogP contribution is -1.98. The van der Waals surface area contributed by atoms with E-state index in [0.717, 1.165) is 15.2 Å². The number of halogens is 1. The highest BCUT2D eigenvalue weighted by Crippen LogP contribution is 2.24. The largest absolute Gasteiger partial charge is 0.486 e. The van der Waals surface area contributed by atoms with Crippen molar-refractivity contribution in [2.45, 2.75) is 26.4 Å². The summed E-state index contributed by atoms with van der Waals surface area (Å²) in [6.45, 7) is 4.62. The molecule has 0 amide bonds. The number of ether oxygens (including phenoxy) is 1. The Morgan fingerprint density at radius 1 is 1.47 bits per heavy atom. The molecule has 0 saturated heterocycles. The summed E-state index contributed by atoms with van der Waals surface area (Å²) in [7, 11) is 0. The van der Waals surface area contributed by atoms with E-state index >= 15 is 0 Å². The molecular weight excluding hydrogens is 324 g/mol. The van der Waals surface area contributed by atoms with Crippen molar-refractivity contribution < 1.29 is 4.74 Å². The zero-order chi connectivity index (χ0) is 13.8. The molecule has 1 heterocycles. The second kappa shape index (κ2) is 6.18. The van der Waals surface area contributed by atoms with Crippen molar-refractivity contribution in [1.29, 1.82) is 5.26 Å². The Kier molecular flexibility index (Phi) is 4.56. The summed E-state index contributed by atoms with van der Waals surface area (Å²) in [6.07, 6.45) is 0. The highest BCUT2D eigenvalue weighted by molar-refractivity contribution is 9.10. The van der Waals surface area contributed by atoms with E-state index in [-0.39, 0.29) is 0 Å². The van der Waals surface area contributed by atoms with Gasteiger partial charge in [-0.1, -0.05) is 29.8 Å². The van der Waals surface area contributed by atoms with Gasteiger partial charge in [-0.2, -0.15) is 5.26 Å². The molecule has 0 aliphatic carbocycles. The van der Waals surface area contributed by atoms with Gasteiger partial charge in [0.25, 0.3) is 0 Å². The molecule has 0 spiro atoms. The normalized spacial score (nSPS) is 10.5. The van der Waals surface area contributed by atoms with E-state index in [4.69, 9.17) is 10.00 Å². The zero-order valence-electron chi connectivity index (χ0n) is 10.7. The van der Waals surface area contributed by atoms with Gasteiger partial charge in [0.2, 0.25) is 0 Å². The Balaban J connectivity index is 2.08. The quantitative estimate of drug-likeness (QED) is 0.826. The molecule has 0 bridgehead atoms. The smallest absolute Gasteiger partial charge is 0.137 e. The van der Waals surface area contributed by atoms with Gasteiger partial charge < -0.3 is 4.74 Å². The van der Waals surface area contributed by atoms with Crippen LogP contribution in [0.4, 0.5) is 0 Å². The number of benzene rings is 1. The van der Waals surface area contributed by atoms with Crippen LogP contribution >= 0.6 is 27.3 Å². The van der Waals surface area contributed by atoms with E-state index in [2.05, 4.69) is 40.8 Å². The van der Waals surface area contributed by atoms with E-state index in [0.29, 0.717) is 23.8 Å². The van der Waals surface area contributed by atoms with Crippen molar-refractivity contribution in [3.05, 3.63) is 44.3 Å². The van der Waals surface area contributed by atoms with Crippen molar-refractivity contribution in [3.8, 4) is 11.8 Å². The molecular formula is C14H13BrN2OS. The van der Waals surface area contributed by atoms with Crippen molar-refractivity contribution in [2.75, 3.05) is 0 Å². The molecule has 0 aliphatic heterocycles. The first-order chi connectivity index (χ1) is 9.10. The minimum absolute atomic E-state index is 0.388. The van der Waals surface area contributed by atoms with Gasteiger partial charge in [-0.05, 0) is 18.2 Å². The molecule has 19 heavy (non-hydrogen) atoms. The topological polar surface area (TPSA) is 45.9 Å². The Labute approximate surface area is 125 Å². The summed E-state index contributed by atoms with van der Waals surface area (Å²) in [5, 5.41) is 12.2. The molecule has 2 rings (SSSR count). The van der Waals surface area contributed by atoms with E-state index in [9.17, 15) is 0 Å². The number of nitrogens with zero attached hydrogens (tertiary/aromatic N) is 2. The van der Waals surface area contributed by atoms with Gasteiger partial charge in [0, 0.05) is 15.8 Å². The minimum Gasteiger partial charge on any atom is -0.486 e.